The number of hydrogen-bond donors (Lipinski definition) is 1. The average Bonchev–Trinajstić information content (AvgIpc) is 2.34. The molecule has 1 unspecified atom stereocenters. The predicted molar refractivity (Wildman–Crippen MR) is 76.8 cm³/mol. The summed E-state index contributed by atoms with van der Waals surface area (Å²) in [6.45, 7) is 7.49. The molecule has 0 bridgehead atoms. The van der Waals surface area contributed by atoms with Crippen LogP contribution < -0.4 is 10.1 Å². The molecule has 1 aromatic rings. The number of benzene rings is 1. The van der Waals surface area contributed by atoms with Gasteiger partial charge in [-0.3, -0.25) is 0 Å². The lowest BCUT2D eigenvalue weighted by Gasteiger charge is -2.20. The Morgan fingerprint density at radius 2 is 2.06 bits per heavy atom. The molecule has 0 spiro atoms. The highest BCUT2D eigenvalue weighted by atomic mass is 79.9. The van der Waals surface area contributed by atoms with E-state index in [9.17, 15) is 0 Å². The molecule has 0 fully saturated rings. The Balaban J connectivity index is 3.04. The molecule has 1 N–H and O–H groups in total. The second-order valence-electron chi connectivity index (χ2n) is 4.26. The van der Waals surface area contributed by atoms with E-state index in [-0.39, 0.29) is 0 Å². The highest BCUT2D eigenvalue weighted by Crippen LogP contribution is 2.32. The van der Waals surface area contributed by atoms with E-state index in [1.807, 2.05) is 0 Å². The summed E-state index contributed by atoms with van der Waals surface area (Å²) in [7, 11) is 1.73. The SMILES string of the molecule is CCCNC(CC)c1cc(Br)c(C)cc1OC. The second kappa shape index (κ2) is 7.02. The van der Waals surface area contributed by atoms with Gasteiger partial charge in [-0.05, 0) is 44.0 Å². The van der Waals surface area contributed by atoms with Crippen molar-refractivity contribution in [3.05, 3.63) is 27.7 Å². The minimum absolute atomic E-state index is 0.363. The van der Waals surface area contributed by atoms with E-state index in [4.69, 9.17) is 4.74 Å². The van der Waals surface area contributed by atoms with Gasteiger partial charge in [0.1, 0.15) is 5.75 Å². The molecular weight excluding hydrogens is 278 g/mol. The summed E-state index contributed by atoms with van der Waals surface area (Å²) in [6.07, 6.45) is 2.21. The lowest BCUT2D eigenvalue weighted by Crippen LogP contribution is -2.22. The lowest BCUT2D eigenvalue weighted by atomic mass is 10.0. The van der Waals surface area contributed by atoms with Crippen LogP contribution in [0.4, 0.5) is 0 Å². The van der Waals surface area contributed by atoms with Gasteiger partial charge in [0.25, 0.3) is 0 Å². The largest absolute Gasteiger partial charge is 0.496 e. The number of aryl methyl sites for hydroxylation is 1. The van der Waals surface area contributed by atoms with Gasteiger partial charge in [0, 0.05) is 16.1 Å². The summed E-state index contributed by atoms with van der Waals surface area (Å²) in [5.41, 5.74) is 2.44. The summed E-state index contributed by atoms with van der Waals surface area (Å²) in [5.74, 6) is 0.973. The molecule has 2 nitrogen and oxygen atoms in total. The standard InChI is InChI=1S/C14H22BrNO/c1-5-7-16-13(6-2)11-9-12(15)10(3)8-14(11)17-4/h8-9,13,16H,5-7H2,1-4H3. The Labute approximate surface area is 113 Å². The molecule has 0 aliphatic rings. The van der Waals surface area contributed by atoms with Crippen molar-refractivity contribution in [1.29, 1.82) is 0 Å². The molecule has 0 heterocycles. The van der Waals surface area contributed by atoms with E-state index in [1.165, 1.54) is 11.1 Å². The quantitative estimate of drug-likeness (QED) is 0.849. The molecule has 1 atom stereocenters. The molecular formula is C14H22BrNO. The van der Waals surface area contributed by atoms with E-state index >= 15 is 0 Å². The predicted octanol–water partition coefficient (Wildman–Crippen LogP) is 4.22. The van der Waals surface area contributed by atoms with Gasteiger partial charge >= 0.3 is 0 Å². The zero-order valence-corrected chi connectivity index (χ0v) is 12.7. The normalized spacial score (nSPS) is 12.5. The topological polar surface area (TPSA) is 21.3 Å². The monoisotopic (exact) mass is 299 g/mol. The Hall–Kier alpha value is -0.540. The van der Waals surface area contributed by atoms with Gasteiger partial charge in [-0.15, -0.1) is 0 Å². The summed E-state index contributed by atoms with van der Waals surface area (Å²) >= 11 is 3.59. The molecule has 3 heteroatoms. The van der Waals surface area contributed by atoms with E-state index < -0.39 is 0 Å². The van der Waals surface area contributed by atoms with Crippen LogP contribution in [0, 0.1) is 6.92 Å². The maximum Gasteiger partial charge on any atom is 0.123 e. The Morgan fingerprint density at radius 1 is 1.35 bits per heavy atom. The minimum Gasteiger partial charge on any atom is -0.496 e. The van der Waals surface area contributed by atoms with Crippen molar-refractivity contribution in [3.63, 3.8) is 0 Å². The fourth-order valence-corrected chi connectivity index (χ4v) is 2.27. The van der Waals surface area contributed by atoms with Crippen LogP contribution in [0.2, 0.25) is 0 Å². The van der Waals surface area contributed by atoms with E-state index in [2.05, 4.69) is 54.2 Å². The summed E-state index contributed by atoms with van der Waals surface area (Å²) in [5, 5.41) is 3.56. The average molecular weight is 300 g/mol. The van der Waals surface area contributed by atoms with Crippen LogP contribution in [0.25, 0.3) is 0 Å². The molecule has 0 radical (unpaired) electrons. The Kier molecular flexibility index (Phi) is 6.00. The second-order valence-corrected chi connectivity index (χ2v) is 5.11. The molecule has 0 amide bonds. The van der Waals surface area contributed by atoms with Crippen LogP contribution >= 0.6 is 15.9 Å². The number of methoxy groups -OCH3 is 1. The van der Waals surface area contributed by atoms with Gasteiger partial charge in [0.2, 0.25) is 0 Å². The van der Waals surface area contributed by atoms with Crippen LogP contribution in [0.1, 0.15) is 43.9 Å². The Morgan fingerprint density at radius 3 is 2.59 bits per heavy atom. The molecule has 0 aliphatic carbocycles. The van der Waals surface area contributed by atoms with Crippen molar-refractivity contribution in [3.8, 4) is 5.75 Å². The first kappa shape index (κ1) is 14.5. The molecule has 96 valence electrons. The van der Waals surface area contributed by atoms with Crippen molar-refractivity contribution in [2.45, 2.75) is 39.7 Å². The number of ether oxygens (including phenoxy) is 1. The highest BCUT2D eigenvalue weighted by molar-refractivity contribution is 9.10. The van der Waals surface area contributed by atoms with Gasteiger partial charge in [0.15, 0.2) is 0 Å². The van der Waals surface area contributed by atoms with E-state index in [0.717, 1.165) is 29.6 Å². The molecule has 0 aliphatic heterocycles. The van der Waals surface area contributed by atoms with Crippen LogP contribution in [0.3, 0.4) is 0 Å². The van der Waals surface area contributed by atoms with E-state index in [0.29, 0.717) is 6.04 Å². The molecule has 0 saturated carbocycles. The fraction of sp³-hybridized carbons (Fsp3) is 0.571. The zero-order valence-electron chi connectivity index (χ0n) is 11.1. The van der Waals surface area contributed by atoms with Crippen LogP contribution in [0.15, 0.2) is 16.6 Å². The molecule has 0 saturated heterocycles. The number of halogens is 1. The summed E-state index contributed by atoms with van der Waals surface area (Å²) in [4.78, 5) is 0. The van der Waals surface area contributed by atoms with Crippen molar-refractivity contribution < 1.29 is 4.74 Å². The first-order chi connectivity index (χ1) is 8.13. The first-order valence-electron chi connectivity index (χ1n) is 6.21. The summed E-state index contributed by atoms with van der Waals surface area (Å²) < 4.78 is 6.63. The molecule has 1 aromatic carbocycles. The fourth-order valence-electron chi connectivity index (χ4n) is 1.91. The number of hydrogen-bond acceptors (Lipinski definition) is 2. The van der Waals surface area contributed by atoms with Crippen molar-refractivity contribution in [1.82, 2.24) is 5.32 Å². The molecule has 17 heavy (non-hydrogen) atoms. The maximum absolute atomic E-state index is 5.48. The van der Waals surface area contributed by atoms with Gasteiger partial charge in [-0.25, -0.2) is 0 Å². The van der Waals surface area contributed by atoms with Crippen molar-refractivity contribution in [2.75, 3.05) is 13.7 Å². The lowest BCUT2D eigenvalue weighted by molar-refractivity contribution is 0.396. The van der Waals surface area contributed by atoms with Crippen molar-refractivity contribution in [2.24, 2.45) is 0 Å². The van der Waals surface area contributed by atoms with Gasteiger partial charge in [-0.1, -0.05) is 29.8 Å². The maximum atomic E-state index is 5.48. The van der Waals surface area contributed by atoms with Gasteiger partial charge in [0.05, 0.1) is 7.11 Å². The van der Waals surface area contributed by atoms with Crippen LogP contribution in [-0.2, 0) is 0 Å². The zero-order chi connectivity index (χ0) is 12.8. The third-order valence-corrected chi connectivity index (χ3v) is 3.79. The van der Waals surface area contributed by atoms with Crippen molar-refractivity contribution >= 4 is 15.9 Å². The Bertz CT molecular complexity index is 365. The summed E-state index contributed by atoms with van der Waals surface area (Å²) in [6, 6.07) is 4.63. The third-order valence-electron chi connectivity index (χ3n) is 2.94. The molecule has 0 aromatic heterocycles. The smallest absolute Gasteiger partial charge is 0.123 e. The van der Waals surface area contributed by atoms with Crippen LogP contribution in [0.5, 0.6) is 5.75 Å². The third kappa shape index (κ3) is 3.71. The highest BCUT2D eigenvalue weighted by Gasteiger charge is 2.15. The van der Waals surface area contributed by atoms with Gasteiger partial charge in [-0.2, -0.15) is 0 Å². The molecule has 1 rings (SSSR count). The number of nitrogens with one attached hydrogen (secondary N) is 1. The van der Waals surface area contributed by atoms with E-state index in [1.54, 1.807) is 7.11 Å². The number of rotatable bonds is 6. The van der Waals surface area contributed by atoms with Gasteiger partial charge < -0.3 is 10.1 Å². The minimum atomic E-state index is 0.363. The first-order valence-corrected chi connectivity index (χ1v) is 7.00. The van der Waals surface area contributed by atoms with Crippen LogP contribution in [-0.4, -0.2) is 13.7 Å².